The fourth-order valence-corrected chi connectivity index (χ4v) is 6.02. The Kier molecular flexibility index (Phi) is 6.10. The lowest BCUT2D eigenvalue weighted by Crippen LogP contribution is -2.56. The quantitative estimate of drug-likeness (QED) is 0.538. The first kappa shape index (κ1) is 23.5. The van der Waals surface area contributed by atoms with Crippen LogP contribution in [0.2, 0.25) is 0 Å². The second kappa shape index (κ2) is 9.09. The first-order valence-corrected chi connectivity index (χ1v) is 12.5. The number of nitrogens with zero attached hydrogens (tertiary/aromatic N) is 3. The molecule has 1 aromatic heterocycles. The Morgan fingerprint density at radius 1 is 1.26 bits per heavy atom. The highest BCUT2D eigenvalue weighted by molar-refractivity contribution is 6.08. The SMILES string of the molecule is CCC(C)C#Cc1ccc2c(c1)C1(NC(=O)N(Cc3cccnn3)C1=O)C1(CCC(OC)CC1)C2. The minimum Gasteiger partial charge on any atom is -0.381 e. The highest BCUT2D eigenvalue weighted by Crippen LogP contribution is 2.60. The van der Waals surface area contributed by atoms with E-state index >= 15 is 0 Å². The molecule has 2 fully saturated rings. The molecule has 182 valence electrons. The number of rotatable bonds is 4. The van der Waals surface area contributed by atoms with Gasteiger partial charge < -0.3 is 10.1 Å². The average molecular weight is 473 g/mol. The van der Waals surface area contributed by atoms with Gasteiger partial charge in [-0.3, -0.25) is 9.69 Å². The van der Waals surface area contributed by atoms with Gasteiger partial charge in [0.25, 0.3) is 5.91 Å². The van der Waals surface area contributed by atoms with Crippen LogP contribution in [0.15, 0.2) is 36.5 Å². The molecule has 0 bridgehead atoms. The maximum atomic E-state index is 14.3. The van der Waals surface area contributed by atoms with Crippen LogP contribution in [-0.4, -0.2) is 40.2 Å². The minimum absolute atomic E-state index is 0.0971. The zero-order valence-electron chi connectivity index (χ0n) is 20.6. The Morgan fingerprint density at radius 2 is 2.06 bits per heavy atom. The normalized spacial score (nSPS) is 28.1. The fraction of sp³-hybridized carbons (Fsp3) is 0.500. The second-order valence-electron chi connectivity index (χ2n) is 10.1. The van der Waals surface area contributed by atoms with E-state index in [1.54, 1.807) is 25.4 Å². The number of hydrogen-bond donors (Lipinski definition) is 1. The van der Waals surface area contributed by atoms with E-state index in [1.165, 1.54) is 4.90 Å². The number of imide groups is 1. The summed E-state index contributed by atoms with van der Waals surface area (Å²) in [5.41, 5.74) is 1.97. The molecule has 0 radical (unpaired) electrons. The molecule has 1 aliphatic heterocycles. The van der Waals surface area contributed by atoms with Crippen molar-refractivity contribution in [1.29, 1.82) is 0 Å². The summed E-state index contributed by atoms with van der Waals surface area (Å²) in [7, 11) is 1.75. The predicted octanol–water partition coefficient (Wildman–Crippen LogP) is 3.95. The molecule has 35 heavy (non-hydrogen) atoms. The highest BCUT2D eigenvalue weighted by Gasteiger charge is 2.68. The topological polar surface area (TPSA) is 84.4 Å². The van der Waals surface area contributed by atoms with E-state index in [0.29, 0.717) is 11.6 Å². The van der Waals surface area contributed by atoms with Crippen LogP contribution in [0.5, 0.6) is 0 Å². The first-order valence-electron chi connectivity index (χ1n) is 12.5. The van der Waals surface area contributed by atoms with E-state index in [4.69, 9.17) is 4.74 Å². The van der Waals surface area contributed by atoms with Crippen molar-refractivity contribution in [2.24, 2.45) is 11.3 Å². The number of ether oxygens (including phenoxy) is 1. The van der Waals surface area contributed by atoms with Crippen LogP contribution < -0.4 is 5.32 Å². The Bertz CT molecular complexity index is 1190. The van der Waals surface area contributed by atoms with Gasteiger partial charge in [-0.2, -0.15) is 10.2 Å². The number of benzene rings is 1. The van der Waals surface area contributed by atoms with Crippen LogP contribution in [0.3, 0.4) is 0 Å². The number of hydrogen-bond acceptors (Lipinski definition) is 5. The van der Waals surface area contributed by atoms with Crippen LogP contribution in [0, 0.1) is 23.2 Å². The number of urea groups is 1. The standard InChI is InChI=1S/C28H32N4O3/c1-4-19(2)7-8-20-9-10-21-17-27(13-11-23(35-3)12-14-27)28(24(21)16-20)25(33)32(26(34)30-28)18-22-6-5-15-29-31-22/h5-6,9-10,15-16,19,23H,4,11-14,17-18H2,1-3H3,(H,30,34). The van der Waals surface area contributed by atoms with Gasteiger partial charge in [-0.25, -0.2) is 4.79 Å². The zero-order valence-corrected chi connectivity index (χ0v) is 20.6. The lowest BCUT2D eigenvalue weighted by atomic mass is 9.61. The summed E-state index contributed by atoms with van der Waals surface area (Å²) >= 11 is 0. The van der Waals surface area contributed by atoms with Crippen LogP contribution in [0.1, 0.15) is 68.3 Å². The number of nitrogens with one attached hydrogen (secondary N) is 1. The Balaban J connectivity index is 1.59. The molecule has 2 unspecified atom stereocenters. The Morgan fingerprint density at radius 3 is 2.74 bits per heavy atom. The number of carbonyl (C=O) groups excluding carboxylic acids is 2. The van der Waals surface area contributed by atoms with E-state index in [-0.39, 0.29) is 24.6 Å². The molecule has 1 saturated heterocycles. The van der Waals surface area contributed by atoms with E-state index in [9.17, 15) is 9.59 Å². The van der Waals surface area contributed by atoms with E-state index in [0.717, 1.165) is 55.2 Å². The molecule has 3 amide bonds. The summed E-state index contributed by atoms with van der Waals surface area (Å²) < 4.78 is 5.64. The molecule has 2 heterocycles. The fourth-order valence-electron chi connectivity index (χ4n) is 6.02. The van der Waals surface area contributed by atoms with Gasteiger partial charge in [-0.05, 0) is 73.9 Å². The van der Waals surface area contributed by atoms with Gasteiger partial charge in [-0.1, -0.05) is 31.8 Å². The van der Waals surface area contributed by atoms with Crippen LogP contribution in [0.4, 0.5) is 4.79 Å². The van der Waals surface area contributed by atoms with Crippen molar-refractivity contribution < 1.29 is 14.3 Å². The molecule has 2 atom stereocenters. The summed E-state index contributed by atoms with van der Waals surface area (Å²) in [5, 5.41) is 11.2. The summed E-state index contributed by atoms with van der Waals surface area (Å²) in [5.74, 6) is 6.69. The Hall–Kier alpha value is -3.24. The third-order valence-corrected chi connectivity index (χ3v) is 8.19. The van der Waals surface area contributed by atoms with E-state index < -0.39 is 11.0 Å². The molecule has 5 rings (SSSR count). The monoisotopic (exact) mass is 472 g/mol. The number of aromatic nitrogens is 2. The van der Waals surface area contributed by atoms with Crippen LogP contribution in [-0.2, 0) is 28.0 Å². The summed E-state index contributed by atoms with van der Waals surface area (Å²) in [4.78, 5) is 28.9. The molecule has 2 aliphatic carbocycles. The average Bonchev–Trinajstić information content (AvgIpc) is 3.29. The van der Waals surface area contributed by atoms with E-state index in [2.05, 4.69) is 47.3 Å². The number of carbonyl (C=O) groups is 2. The van der Waals surface area contributed by atoms with E-state index in [1.807, 2.05) is 12.1 Å². The van der Waals surface area contributed by atoms with Crippen molar-refractivity contribution in [3.63, 3.8) is 0 Å². The Labute approximate surface area is 206 Å². The van der Waals surface area contributed by atoms with Crippen molar-refractivity contribution in [1.82, 2.24) is 20.4 Å². The number of amides is 3. The summed E-state index contributed by atoms with van der Waals surface area (Å²) in [6.45, 7) is 4.33. The minimum atomic E-state index is -1.10. The van der Waals surface area contributed by atoms with Crippen LogP contribution in [0.25, 0.3) is 0 Å². The van der Waals surface area contributed by atoms with Crippen molar-refractivity contribution in [2.45, 2.75) is 70.6 Å². The van der Waals surface area contributed by atoms with Crippen molar-refractivity contribution in [2.75, 3.05) is 7.11 Å². The third-order valence-electron chi connectivity index (χ3n) is 8.19. The molecular weight excluding hydrogens is 440 g/mol. The largest absolute Gasteiger partial charge is 0.381 e. The third kappa shape index (κ3) is 3.81. The molecule has 2 spiro atoms. The van der Waals surface area contributed by atoms with Gasteiger partial charge in [0.05, 0.1) is 18.3 Å². The molecule has 1 N–H and O–H groups in total. The molecule has 7 nitrogen and oxygen atoms in total. The number of methoxy groups -OCH3 is 1. The molecule has 2 aromatic rings. The summed E-state index contributed by atoms with van der Waals surface area (Å²) in [6, 6.07) is 9.34. The maximum Gasteiger partial charge on any atom is 0.325 e. The predicted molar refractivity (Wildman–Crippen MR) is 131 cm³/mol. The summed E-state index contributed by atoms with van der Waals surface area (Å²) in [6.07, 6.45) is 6.83. The highest BCUT2D eigenvalue weighted by atomic mass is 16.5. The molecule has 1 aromatic carbocycles. The van der Waals surface area contributed by atoms with Crippen LogP contribution >= 0.6 is 0 Å². The molecule has 7 heteroatoms. The second-order valence-corrected chi connectivity index (χ2v) is 10.1. The van der Waals surface area contributed by atoms with Gasteiger partial charge in [0, 0.05) is 30.2 Å². The van der Waals surface area contributed by atoms with Gasteiger partial charge in [0.1, 0.15) is 0 Å². The lowest BCUT2D eigenvalue weighted by molar-refractivity contribution is -0.139. The molecular formula is C28H32N4O3. The van der Waals surface area contributed by atoms with Crippen molar-refractivity contribution in [3.05, 3.63) is 58.9 Å². The number of fused-ring (bicyclic) bond motifs is 3. The van der Waals surface area contributed by atoms with Gasteiger partial charge >= 0.3 is 6.03 Å². The van der Waals surface area contributed by atoms with Crippen molar-refractivity contribution in [3.8, 4) is 11.8 Å². The van der Waals surface area contributed by atoms with Gasteiger partial charge in [0.2, 0.25) is 0 Å². The van der Waals surface area contributed by atoms with Gasteiger partial charge in [0.15, 0.2) is 5.54 Å². The van der Waals surface area contributed by atoms with Crippen molar-refractivity contribution >= 4 is 11.9 Å². The molecule has 1 saturated carbocycles. The maximum absolute atomic E-state index is 14.3. The smallest absolute Gasteiger partial charge is 0.325 e. The zero-order chi connectivity index (χ0) is 24.6. The first-order chi connectivity index (χ1) is 16.9. The molecule has 3 aliphatic rings. The lowest BCUT2D eigenvalue weighted by Gasteiger charge is -2.46. The van der Waals surface area contributed by atoms with Gasteiger partial charge in [-0.15, -0.1) is 0 Å².